The molecule has 1 N–H and O–H groups in total. The Kier molecular flexibility index (Phi) is 5.26. The highest BCUT2D eigenvalue weighted by Gasteiger charge is 2.29. The molecule has 0 spiro atoms. The Hall–Kier alpha value is -0.0800. The third-order valence-corrected chi connectivity index (χ3v) is 3.55. The maximum atomic E-state index is 3.65. The van der Waals surface area contributed by atoms with E-state index in [0.29, 0.717) is 5.54 Å². The summed E-state index contributed by atoms with van der Waals surface area (Å²) in [6.07, 6.45) is 4.04. The van der Waals surface area contributed by atoms with E-state index in [0.717, 1.165) is 18.5 Å². The molecule has 0 atom stereocenters. The summed E-state index contributed by atoms with van der Waals surface area (Å²) in [5, 5.41) is 3.65. The van der Waals surface area contributed by atoms with Gasteiger partial charge in [0.2, 0.25) is 0 Å². The first kappa shape index (κ1) is 14.0. The van der Waals surface area contributed by atoms with E-state index in [-0.39, 0.29) is 0 Å². The highest BCUT2D eigenvalue weighted by atomic mass is 15.2. The van der Waals surface area contributed by atoms with Crippen molar-refractivity contribution in [1.29, 1.82) is 0 Å². The van der Waals surface area contributed by atoms with E-state index < -0.39 is 0 Å². The maximum Gasteiger partial charge on any atom is 0.0123 e. The Morgan fingerprint density at radius 3 is 2.38 bits per heavy atom. The SMILES string of the molecule is CCC(C)(C)NCCN(CC(C)C)C1CC1. The van der Waals surface area contributed by atoms with Crippen molar-refractivity contribution in [3.8, 4) is 0 Å². The molecule has 0 aromatic carbocycles. The van der Waals surface area contributed by atoms with Gasteiger partial charge in [-0.25, -0.2) is 0 Å². The number of hydrogen-bond donors (Lipinski definition) is 1. The molecule has 1 aliphatic carbocycles. The molecule has 16 heavy (non-hydrogen) atoms. The highest BCUT2D eigenvalue weighted by Crippen LogP contribution is 2.27. The number of nitrogens with one attached hydrogen (secondary N) is 1. The Bertz CT molecular complexity index is 195. The normalized spacial score (nSPS) is 17.4. The molecule has 1 fully saturated rings. The minimum Gasteiger partial charge on any atom is -0.311 e. The fourth-order valence-electron chi connectivity index (χ4n) is 1.99. The monoisotopic (exact) mass is 226 g/mol. The van der Waals surface area contributed by atoms with E-state index in [9.17, 15) is 0 Å². The Morgan fingerprint density at radius 1 is 1.31 bits per heavy atom. The largest absolute Gasteiger partial charge is 0.311 e. The first-order valence-corrected chi connectivity index (χ1v) is 6.93. The van der Waals surface area contributed by atoms with Gasteiger partial charge in [0.15, 0.2) is 0 Å². The molecule has 0 aromatic rings. The van der Waals surface area contributed by atoms with Crippen LogP contribution in [0.4, 0.5) is 0 Å². The van der Waals surface area contributed by atoms with Crippen molar-refractivity contribution >= 4 is 0 Å². The molecular formula is C14H30N2. The zero-order valence-electron chi connectivity index (χ0n) is 11.8. The van der Waals surface area contributed by atoms with E-state index in [1.165, 1.54) is 32.4 Å². The molecule has 0 radical (unpaired) electrons. The number of hydrogen-bond acceptors (Lipinski definition) is 2. The van der Waals surface area contributed by atoms with Gasteiger partial charge in [0.05, 0.1) is 0 Å². The van der Waals surface area contributed by atoms with Crippen LogP contribution in [0.15, 0.2) is 0 Å². The molecule has 0 bridgehead atoms. The van der Waals surface area contributed by atoms with Crippen molar-refractivity contribution in [2.75, 3.05) is 19.6 Å². The summed E-state index contributed by atoms with van der Waals surface area (Å²) >= 11 is 0. The molecule has 1 rings (SSSR count). The Balaban J connectivity index is 2.22. The average Bonchev–Trinajstić information content (AvgIpc) is 2.98. The van der Waals surface area contributed by atoms with Gasteiger partial charge in [-0.05, 0) is 39.0 Å². The number of nitrogens with zero attached hydrogens (tertiary/aromatic N) is 1. The Labute approximate surface area is 102 Å². The maximum absolute atomic E-state index is 3.65. The van der Waals surface area contributed by atoms with Crippen LogP contribution in [0.1, 0.15) is 53.9 Å². The molecule has 0 aliphatic heterocycles. The molecule has 2 heteroatoms. The summed E-state index contributed by atoms with van der Waals surface area (Å²) in [5.74, 6) is 0.791. The third-order valence-electron chi connectivity index (χ3n) is 3.55. The molecule has 0 saturated heterocycles. The van der Waals surface area contributed by atoms with Gasteiger partial charge in [-0.3, -0.25) is 4.90 Å². The van der Waals surface area contributed by atoms with Gasteiger partial charge in [0.1, 0.15) is 0 Å². The first-order valence-electron chi connectivity index (χ1n) is 6.93. The summed E-state index contributed by atoms with van der Waals surface area (Å²) in [5.41, 5.74) is 0.299. The molecule has 0 unspecified atom stereocenters. The van der Waals surface area contributed by atoms with E-state index in [2.05, 4.69) is 44.8 Å². The molecule has 2 nitrogen and oxygen atoms in total. The smallest absolute Gasteiger partial charge is 0.0123 e. The number of rotatable bonds is 8. The van der Waals surface area contributed by atoms with Crippen LogP contribution in [-0.2, 0) is 0 Å². The predicted octanol–water partition coefficient (Wildman–Crippen LogP) is 2.89. The molecule has 1 saturated carbocycles. The predicted molar refractivity (Wildman–Crippen MR) is 71.8 cm³/mol. The van der Waals surface area contributed by atoms with Gasteiger partial charge in [0.25, 0.3) is 0 Å². The van der Waals surface area contributed by atoms with Gasteiger partial charge >= 0.3 is 0 Å². The van der Waals surface area contributed by atoms with Gasteiger partial charge < -0.3 is 5.32 Å². The summed E-state index contributed by atoms with van der Waals surface area (Å²) < 4.78 is 0. The van der Waals surface area contributed by atoms with Crippen LogP contribution < -0.4 is 5.32 Å². The molecule has 0 amide bonds. The van der Waals surface area contributed by atoms with E-state index in [4.69, 9.17) is 0 Å². The van der Waals surface area contributed by atoms with Crippen molar-refractivity contribution in [1.82, 2.24) is 10.2 Å². The van der Waals surface area contributed by atoms with Crippen molar-refractivity contribution in [3.05, 3.63) is 0 Å². The topological polar surface area (TPSA) is 15.3 Å². The fourth-order valence-corrected chi connectivity index (χ4v) is 1.99. The summed E-state index contributed by atoms with van der Waals surface area (Å²) in [7, 11) is 0. The molecule has 96 valence electrons. The molecule has 0 aromatic heterocycles. The van der Waals surface area contributed by atoms with Gasteiger partial charge in [0, 0.05) is 31.2 Å². The van der Waals surface area contributed by atoms with E-state index in [1.54, 1.807) is 0 Å². The highest BCUT2D eigenvalue weighted by molar-refractivity contribution is 4.86. The quantitative estimate of drug-likeness (QED) is 0.684. The zero-order chi connectivity index (χ0) is 12.2. The second-order valence-corrected chi connectivity index (χ2v) is 6.28. The van der Waals surface area contributed by atoms with Crippen LogP contribution >= 0.6 is 0 Å². The average molecular weight is 226 g/mol. The lowest BCUT2D eigenvalue weighted by atomic mass is 10.0. The van der Waals surface area contributed by atoms with Gasteiger partial charge in [-0.2, -0.15) is 0 Å². The fraction of sp³-hybridized carbons (Fsp3) is 1.00. The second-order valence-electron chi connectivity index (χ2n) is 6.28. The van der Waals surface area contributed by atoms with Crippen LogP contribution in [0.3, 0.4) is 0 Å². The lowest BCUT2D eigenvalue weighted by molar-refractivity contribution is 0.223. The summed E-state index contributed by atoms with van der Waals surface area (Å²) in [4.78, 5) is 2.67. The molecular weight excluding hydrogens is 196 g/mol. The van der Waals surface area contributed by atoms with Crippen molar-refractivity contribution < 1.29 is 0 Å². The molecule has 1 aliphatic rings. The minimum atomic E-state index is 0.299. The second kappa shape index (κ2) is 6.02. The Morgan fingerprint density at radius 2 is 1.94 bits per heavy atom. The first-order chi connectivity index (χ1) is 7.44. The van der Waals surface area contributed by atoms with Crippen molar-refractivity contribution in [2.24, 2.45) is 5.92 Å². The van der Waals surface area contributed by atoms with Crippen LogP contribution in [-0.4, -0.2) is 36.1 Å². The molecule has 0 heterocycles. The summed E-state index contributed by atoms with van der Waals surface area (Å²) in [6, 6.07) is 0.897. The summed E-state index contributed by atoms with van der Waals surface area (Å²) in [6.45, 7) is 15.1. The van der Waals surface area contributed by atoms with Crippen molar-refractivity contribution in [3.63, 3.8) is 0 Å². The van der Waals surface area contributed by atoms with Gasteiger partial charge in [-0.1, -0.05) is 20.8 Å². The third kappa shape index (κ3) is 5.31. The lowest BCUT2D eigenvalue weighted by Gasteiger charge is -2.29. The van der Waals surface area contributed by atoms with Crippen LogP contribution in [0.25, 0.3) is 0 Å². The van der Waals surface area contributed by atoms with E-state index >= 15 is 0 Å². The standard InChI is InChI=1S/C14H30N2/c1-6-14(4,5)15-9-10-16(11-12(2)3)13-7-8-13/h12-13,15H,6-11H2,1-5H3. The van der Waals surface area contributed by atoms with Crippen LogP contribution in [0.5, 0.6) is 0 Å². The van der Waals surface area contributed by atoms with E-state index in [1.807, 2.05) is 0 Å². The minimum absolute atomic E-state index is 0.299. The zero-order valence-corrected chi connectivity index (χ0v) is 11.8. The van der Waals surface area contributed by atoms with Crippen molar-refractivity contribution in [2.45, 2.75) is 65.5 Å². The van der Waals surface area contributed by atoms with Crippen LogP contribution in [0.2, 0.25) is 0 Å². The lowest BCUT2D eigenvalue weighted by Crippen LogP contribution is -2.44. The van der Waals surface area contributed by atoms with Crippen LogP contribution in [0, 0.1) is 5.92 Å². The van der Waals surface area contributed by atoms with Gasteiger partial charge in [-0.15, -0.1) is 0 Å².